The molecular formula is C10H10BrClO. The van der Waals surface area contributed by atoms with Gasteiger partial charge in [0.05, 0.1) is 5.60 Å². The fourth-order valence-corrected chi connectivity index (χ4v) is 2.32. The molecule has 0 aliphatic heterocycles. The van der Waals surface area contributed by atoms with Gasteiger partial charge in [-0.2, -0.15) is 0 Å². The molecule has 0 atom stereocenters. The minimum atomic E-state index is -0.0657. The summed E-state index contributed by atoms with van der Waals surface area (Å²) in [7, 11) is 1.75. The Morgan fingerprint density at radius 2 is 2.15 bits per heavy atom. The van der Waals surface area contributed by atoms with Crippen molar-refractivity contribution in [1.29, 1.82) is 0 Å². The molecule has 0 spiro atoms. The van der Waals surface area contributed by atoms with Crippen molar-refractivity contribution in [2.24, 2.45) is 0 Å². The lowest BCUT2D eigenvalue weighted by atomic mass is 10.1. The Labute approximate surface area is 91.2 Å². The van der Waals surface area contributed by atoms with Gasteiger partial charge in [-0.25, -0.2) is 0 Å². The SMILES string of the molecule is COC1(c2cc(Cl)ccc2Br)CC1. The highest BCUT2D eigenvalue weighted by molar-refractivity contribution is 9.10. The molecular weight excluding hydrogens is 251 g/mol. The van der Waals surface area contributed by atoms with Crippen molar-refractivity contribution in [2.75, 3.05) is 7.11 Å². The van der Waals surface area contributed by atoms with E-state index in [0.717, 1.165) is 22.3 Å². The van der Waals surface area contributed by atoms with Crippen LogP contribution in [0.5, 0.6) is 0 Å². The molecule has 70 valence electrons. The molecule has 1 aliphatic carbocycles. The maximum Gasteiger partial charge on any atom is 0.0941 e. The molecule has 0 heterocycles. The van der Waals surface area contributed by atoms with Crippen LogP contribution < -0.4 is 0 Å². The fourth-order valence-electron chi connectivity index (χ4n) is 1.54. The molecule has 0 amide bonds. The minimum absolute atomic E-state index is 0.0657. The van der Waals surface area contributed by atoms with Crippen molar-refractivity contribution in [1.82, 2.24) is 0 Å². The minimum Gasteiger partial charge on any atom is -0.373 e. The van der Waals surface area contributed by atoms with E-state index in [1.807, 2.05) is 18.2 Å². The van der Waals surface area contributed by atoms with E-state index in [1.165, 1.54) is 5.56 Å². The van der Waals surface area contributed by atoms with Crippen LogP contribution in [0.1, 0.15) is 18.4 Å². The first-order chi connectivity index (χ1) is 6.18. The average molecular weight is 262 g/mol. The second-order valence-electron chi connectivity index (χ2n) is 3.32. The van der Waals surface area contributed by atoms with E-state index in [4.69, 9.17) is 16.3 Å². The Balaban J connectivity index is 2.44. The van der Waals surface area contributed by atoms with Crippen LogP contribution in [0.25, 0.3) is 0 Å². The first-order valence-corrected chi connectivity index (χ1v) is 5.36. The third-order valence-electron chi connectivity index (χ3n) is 2.51. The molecule has 1 saturated carbocycles. The lowest BCUT2D eigenvalue weighted by Crippen LogP contribution is -2.09. The van der Waals surface area contributed by atoms with Crippen LogP contribution in [0.15, 0.2) is 22.7 Å². The van der Waals surface area contributed by atoms with Crippen molar-refractivity contribution >= 4 is 27.5 Å². The number of methoxy groups -OCH3 is 1. The summed E-state index contributed by atoms with van der Waals surface area (Å²) in [5.41, 5.74) is 1.10. The fraction of sp³-hybridized carbons (Fsp3) is 0.400. The van der Waals surface area contributed by atoms with Crippen molar-refractivity contribution in [2.45, 2.75) is 18.4 Å². The first kappa shape index (κ1) is 9.50. The standard InChI is InChI=1S/C10H10BrClO/c1-13-10(4-5-10)8-6-7(12)2-3-9(8)11/h2-3,6H,4-5H2,1H3. The predicted molar refractivity (Wildman–Crippen MR) is 57.1 cm³/mol. The summed E-state index contributed by atoms with van der Waals surface area (Å²) in [6.07, 6.45) is 2.17. The summed E-state index contributed by atoms with van der Waals surface area (Å²) < 4.78 is 6.56. The highest BCUT2D eigenvalue weighted by atomic mass is 79.9. The Kier molecular flexibility index (Phi) is 2.39. The van der Waals surface area contributed by atoms with Crippen LogP contribution in [0, 0.1) is 0 Å². The first-order valence-electron chi connectivity index (χ1n) is 4.19. The molecule has 1 nitrogen and oxygen atoms in total. The summed E-state index contributed by atoms with van der Waals surface area (Å²) in [5.74, 6) is 0. The number of rotatable bonds is 2. The highest BCUT2D eigenvalue weighted by Crippen LogP contribution is 2.51. The molecule has 0 N–H and O–H groups in total. The maximum absolute atomic E-state index is 5.93. The average Bonchev–Trinajstić information content (AvgIpc) is 2.90. The van der Waals surface area contributed by atoms with Crippen LogP contribution in [0.3, 0.4) is 0 Å². The normalized spacial score (nSPS) is 18.7. The van der Waals surface area contributed by atoms with Gasteiger partial charge in [-0.15, -0.1) is 0 Å². The molecule has 13 heavy (non-hydrogen) atoms. The van der Waals surface area contributed by atoms with E-state index in [1.54, 1.807) is 7.11 Å². The molecule has 3 heteroatoms. The van der Waals surface area contributed by atoms with Crippen molar-refractivity contribution in [3.8, 4) is 0 Å². The number of ether oxygens (including phenoxy) is 1. The molecule has 0 unspecified atom stereocenters. The smallest absolute Gasteiger partial charge is 0.0941 e. The molecule has 0 radical (unpaired) electrons. The quantitative estimate of drug-likeness (QED) is 0.788. The molecule has 1 aliphatic rings. The van der Waals surface area contributed by atoms with Crippen LogP contribution in [-0.2, 0) is 10.3 Å². The highest BCUT2D eigenvalue weighted by Gasteiger charge is 2.45. The van der Waals surface area contributed by atoms with Gasteiger partial charge in [-0.05, 0) is 36.6 Å². The van der Waals surface area contributed by atoms with Gasteiger partial charge in [0, 0.05) is 16.6 Å². The van der Waals surface area contributed by atoms with Crippen molar-refractivity contribution < 1.29 is 4.74 Å². The van der Waals surface area contributed by atoms with Crippen LogP contribution in [-0.4, -0.2) is 7.11 Å². The Bertz CT molecular complexity index is 334. The zero-order valence-electron chi connectivity index (χ0n) is 7.31. The number of hydrogen-bond acceptors (Lipinski definition) is 1. The van der Waals surface area contributed by atoms with E-state index in [9.17, 15) is 0 Å². The number of halogens is 2. The van der Waals surface area contributed by atoms with Gasteiger partial charge in [0.15, 0.2) is 0 Å². The zero-order chi connectivity index (χ0) is 9.47. The monoisotopic (exact) mass is 260 g/mol. The van der Waals surface area contributed by atoms with Gasteiger partial charge in [0.25, 0.3) is 0 Å². The Morgan fingerprint density at radius 3 is 2.69 bits per heavy atom. The molecule has 0 saturated heterocycles. The Hall–Kier alpha value is -0.0500. The van der Waals surface area contributed by atoms with Crippen LogP contribution in [0.4, 0.5) is 0 Å². The van der Waals surface area contributed by atoms with E-state index in [2.05, 4.69) is 15.9 Å². The summed E-state index contributed by atoms with van der Waals surface area (Å²) in [5, 5.41) is 0.765. The third-order valence-corrected chi connectivity index (χ3v) is 3.44. The molecule has 1 fully saturated rings. The molecule has 1 aromatic carbocycles. The predicted octanol–water partition coefficient (Wildman–Crippen LogP) is 3.74. The van der Waals surface area contributed by atoms with Gasteiger partial charge in [0.2, 0.25) is 0 Å². The summed E-state index contributed by atoms with van der Waals surface area (Å²) in [4.78, 5) is 0. The number of benzene rings is 1. The van der Waals surface area contributed by atoms with Crippen LogP contribution in [0.2, 0.25) is 5.02 Å². The Morgan fingerprint density at radius 1 is 1.46 bits per heavy atom. The number of hydrogen-bond donors (Lipinski definition) is 0. The summed E-state index contributed by atoms with van der Waals surface area (Å²) >= 11 is 9.44. The van der Waals surface area contributed by atoms with Gasteiger partial charge < -0.3 is 4.74 Å². The summed E-state index contributed by atoms with van der Waals surface area (Å²) in [6.45, 7) is 0. The van der Waals surface area contributed by atoms with E-state index < -0.39 is 0 Å². The lowest BCUT2D eigenvalue weighted by Gasteiger charge is -2.15. The molecule has 1 aromatic rings. The van der Waals surface area contributed by atoms with E-state index >= 15 is 0 Å². The largest absolute Gasteiger partial charge is 0.373 e. The second kappa shape index (κ2) is 3.26. The van der Waals surface area contributed by atoms with Crippen LogP contribution >= 0.6 is 27.5 Å². The summed E-state index contributed by atoms with van der Waals surface area (Å²) in [6, 6.07) is 5.82. The van der Waals surface area contributed by atoms with Crippen molar-refractivity contribution in [3.05, 3.63) is 33.3 Å². The third kappa shape index (κ3) is 1.63. The molecule has 2 rings (SSSR count). The van der Waals surface area contributed by atoms with Gasteiger partial charge in [-0.1, -0.05) is 27.5 Å². The van der Waals surface area contributed by atoms with E-state index in [0.29, 0.717) is 0 Å². The molecule has 0 aromatic heterocycles. The lowest BCUT2D eigenvalue weighted by molar-refractivity contribution is 0.0783. The zero-order valence-corrected chi connectivity index (χ0v) is 9.65. The van der Waals surface area contributed by atoms with Gasteiger partial charge in [0.1, 0.15) is 0 Å². The topological polar surface area (TPSA) is 9.23 Å². The maximum atomic E-state index is 5.93. The van der Waals surface area contributed by atoms with Gasteiger partial charge in [-0.3, -0.25) is 0 Å². The van der Waals surface area contributed by atoms with E-state index in [-0.39, 0.29) is 5.60 Å². The second-order valence-corrected chi connectivity index (χ2v) is 4.61. The van der Waals surface area contributed by atoms with Gasteiger partial charge >= 0.3 is 0 Å². The van der Waals surface area contributed by atoms with Crippen molar-refractivity contribution in [3.63, 3.8) is 0 Å². The molecule has 0 bridgehead atoms.